The number of hydrogen-bond donors (Lipinski definition) is 0. The van der Waals surface area contributed by atoms with Gasteiger partial charge in [0.2, 0.25) is 0 Å². The highest BCUT2D eigenvalue weighted by atomic mass is 32.2. The Labute approximate surface area is 107 Å². The van der Waals surface area contributed by atoms with Crippen LogP contribution in [0.15, 0.2) is 34.7 Å². The molecule has 17 heavy (non-hydrogen) atoms. The lowest BCUT2D eigenvalue weighted by Gasteiger charge is -2.04. The van der Waals surface area contributed by atoms with Crippen molar-refractivity contribution in [3.05, 3.63) is 35.4 Å². The number of rotatable bonds is 5. The van der Waals surface area contributed by atoms with Gasteiger partial charge in [0.15, 0.2) is 0 Å². The minimum atomic E-state index is 0.147. The van der Waals surface area contributed by atoms with E-state index in [0.717, 1.165) is 16.2 Å². The van der Waals surface area contributed by atoms with Gasteiger partial charge in [0.1, 0.15) is 17.7 Å². The van der Waals surface area contributed by atoms with Gasteiger partial charge < -0.3 is 0 Å². The molecule has 0 amide bonds. The van der Waals surface area contributed by atoms with E-state index in [4.69, 9.17) is 10.5 Å². The summed E-state index contributed by atoms with van der Waals surface area (Å²) in [7, 11) is 0. The van der Waals surface area contributed by atoms with Crippen LogP contribution in [0.4, 0.5) is 0 Å². The van der Waals surface area contributed by atoms with Gasteiger partial charge in [0.05, 0.1) is 0 Å². The van der Waals surface area contributed by atoms with Gasteiger partial charge in [0.25, 0.3) is 0 Å². The summed E-state index contributed by atoms with van der Waals surface area (Å²) in [6.45, 7) is 2.16. The molecule has 86 valence electrons. The molecule has 0 heterocycles. The number of nitrogens with zero attached hydrogens (tertiary/aromatic N) is 2. The van der Waals surface area contributed by atoms with Crippen LogP contribution in [-0.2, 0) is 0 Å². The molecule has 1 rings (SSSR count). The van der Waals surface area contributed by atoms with E-state index >= 15 is 0 Å². The van der Waals surface area contributed by atoms with E-state index in [0.29, 0.717) is 0 Å². The van der Waals surface area contributed by atoms with Crippen LogP contribution in [0.1, 0.15) is 25.3 Å². The van der Waals surface area contributed by atoms with Crippen LogP contribution in [-0.4, -0.2) is 5.75 Å². The number of unbranched alkanes of at least 4 members (excludes halogenated alkanes) is 1. The van der Waals surface area contributed by atoms with Crippen molar-refractivity contribution in [1.29, 1.82) is 10.5 Å². The summed E-state index contributed by atoms with van der Waals surface area (Å²) in [5.41, 5.74) is 1.10. The lowest BCUT2D eigenvalue weighted by Crippen LogP contribution is -1.84. The van der Waals surface area contributed by atoms with Crippen molar-refractivity contribution in [2.75, 3.05) is 5.75 Å². The van der Waals surface area contributed by atoms with Crippen molar-refractivity contribution in [2.45, 2.75) is 24.7 Å². The normalized spacial score (nSPS) is 9.12. The molecule has 0 fully saturated rings. The third kappa shape index (κ3) is 4.34. The van der Waals surface area contributed by atoms with Crippen molar-refractivity contribution in [3.63, 3.8) is 0 Å². The first-order valence-electron chi connectivity index (χ1n) is 5.55. The summed E-state index contributed by atoms with van der Waals surface area (Å²) < 4.78 is 0. The molecule has 0 aliphatic carbocycles. The average molecular weight is 242 g/mol. The van der Waals surface area contributed by atoms with Crippen LogP contribution >= 0.6 is 11.8 Å². The molecule has 3 heteroatoms. The molecule has 0 radical (unpaired) electrons. The van der Waals surface area contributed by atoms with E-state index in [1.807, 2.05) is 36.4 Å². The van der Waals surface area contributed by atoms with Crippen LogP contribution in [0.2, 0.25) is 0 Å². The van der Waals surface area contributed by atoms with E-state index in [9.17, 15) is 0 Å². The van der Waals surface area contributed by atoms with E-state index in [-0.39, 0.29) is 5.57 Å². The fraction of sp³-hybridized carbons (Fsp3) is 0.286. The predicted molar refractivity (Wildman–Crippen MR) is 71.3 cm³/mol. The third-order valence-corrected chi connectivity index (χ3v) is 3.39. The van der Waals surface area contributed by atoms with Crippen molar-refractivity contribution < 1.29 is 0 Å². The van der Waals surface area contributed by atoms with E-state index in [1.54, 1.807) is 17.8 Å². The van der Waals surface area contributed by atoms with Crippen LogP contribution < -0.4 is 0 Å². The van der Waals surface area contributed by atoms with E-state index in [2.05, 4.69) is 6.92 Å². The zero-order valence-corrected chi connectivity index (χ0v) is 10.6. The Hall–Kier alpha value is -1.71. The lowest BCUT2D eigenvalue weighted by atomic mass is 10.1. The highest BCUT2D eigenvalue weighted by molar-refractivity contribution is 7.99. The molecule has 1 aromatic carbocycles. The molecular formula is C14H14N2S. The monoisotopic (exact) mass is 242 g/mol. The Morgan fingerprint density at radius 3 is 2.65 bits per heavy atom. The summed E-state index contributed by atoms with van der Waals surface area (Å²) >= 11 is 1.77. The van der Waals surface area contributed by atoms with Gasteiger partial charge in [-0.15, -0.1) is 11.8 Å². The molecule has 2 nitrogen and oxygen atoms in total. The maximum atomic E-state index is 8.74. The highest BCUT2D eigenvalue weighted by Crippen LogP contribution is 2.25. The zero-order valence-electron chi connectivity index (χ0n) is 9.81. The summed E-state index contributed by atoms with van der Waals surface area (Å²) in [5, 5.41) is 17.5. The van der Waals surface area contributed by atoms with E-state index in [1.165, 1.54) is 12.8 Å². The maximum absolute atomic E-state index is 8.74. The first-order chi connectivity index (χ1) is 8.31. The summed E-state index contributed by atoms with van der Waals surface area (Å²) in [6.07, 6.45) is 3.99. The van der Waals surface area contributed by atoms with Crippen LogP contribution in [0, 0.1) is 22.7 Å². The van der Waals surface area contributed by atoms with Crippen LogP contribution in [0.3, 0.4) is 0 Å². The Morgan fingerprint density at radius 1 is 1.29 bits per heavy atom. The topological polar surface area (TPSA) is 47.6 Å². The quantitative estimate of drug-likeness (QED) is 0.445. The summed E-state index contributed by atoms with van der Waals surface area (Å²) in [4.78, 5) is 1.13. The van der Waals surface area contributed by atoms with Crippen molar-refractivity contribution >= 4 is 17.8 Å². The second-order valence-electron chi connectivity index (χ2n) is 3.52. The summed E-state index contributed by atoms with van der Waals surface area (Å²) in [6, 6.07) is 11.6. The van der Waals surface area contributed by atoms with Gasteiger partial charge in [-0.1, -0.05) is 31.5 Å². The minimum Gasteiger partial charge on any atom is -0.192 e. The third-order valence-electron chi connectivity index (χ3n) is 2.22. The average Bonchev–Trinajstić information content (AvgIpc) is 2.38. The van der Waals surface area contributed by atoms with E-state index < -0.39 is 0 Å². The molecule has 0 aliphatic heterocycles. The molecule has 0 aliphatic rings. The Balaban J connectivity index is 2.89. The molecule has 0 atom stereocenters. The van der Waals surface area contributed by atoms with Crippen molar-refractivity contribution in [1.82, 2.24) is 0 Å². The molecule has 0 aromatic heterocycles. The maximum Gasteiger partial charge on any atom is 0.130 e. The van der Waals surface area contributed by atoms with Gasteiger partial charge >= 0.3 is 0 Å². The number of hydrogen-bond acceptors (Lipinski definition) is 3. The second-order valence-corrected chi connectivity index (χ2v) is 4.66. The number of benzene rings is 1. The van der Waals surface area contributed by atoms with Crippen LogP contribution in [0.25, 0.3) is 6.08 Å². The number of allylic oxidation sites excluding steroid dienone is 1. The highest BCUT2D eigenvalue weighted by Gasteiger charge is 2.01. The van der Waals surface area contributed by atoms with Crippen LogP contribution in [0.5, 0.6) is 0 Å². The Bertz CT molecular complexity index is 462. The predicted octanol–water partition coefficient (Wildman–Crippen LogP) is 4.01. The molecule has 0 unspecified atom stereocenters. The second kappa shape index (κ2) is 7.54. The summed E-state index contributed by atoms with van der Waals surface area (Å²) in [5.74, 6) is 1.07. The molecular weight excluding hydrogens is 228 g/mol. The molecule has 0 N–H and O–H groups in total. The van der Waals surface area contributed by atoms with Gasteiger partial charge in [0, 0.05) is 4.90 Å². The fourth-order valence-corrected chi connectivity index (χ4v) is 2.42. The van der Waals surface area contributed by atoms with Gasteiger partial charge in [-0.05, 0) is 29.9 Å². The lowest BCUT2D eigenvalue weighted by molar-refractivity contribution is 0.896. The number of nitriles is 2. The minimum absolute atomic E-state index is 0.147. The largest absolute Gasteiger partial charge is 0.192 e. The number of thioether (sulfide) groups is 1. The van der Waals surface area contributed by atoms with Crippen molar-refractivity contribution in [2.24, 2.45) is 0 Å². The Kier molecular flexibility index (Phi) is 5.93. The molecule has 0 bridgehead atoms. The zero-order chi connectivity index (χ0) is 12.5. The fourth-order valence-electron chi connectivity index (χ4n) is 1.30. The first kappa shape index (κ1) is 13.4. The Morgan fingerprint density at radius 2 is 2.00 bits per heavy atom. The SMILES string of the molecule is CCCCSc1ccccc1C=C(C#N)C#N. The molecule has 0 saturated carbocycles. The molecule has 0 saturated heterocycles. The van der Waals surface area contributed by atoms with Gasteiger partial charge in [-0.3, -0.25) is 0 Å². The molecule has 0 spiro atoms. The van der Waals surface area contributed by atoms with Gasteiger partial charge in [-0.25, -0.2) is 0 Å². The smallest absolute Gasteiger partial charge is 0.130 e. The standard InChI is InChI=1S/C14H14N2S/c1-2-3-8-17-14-7-5-4-6-13(14)9-12(10-15)11-16/h4-7,9H,2-3,8H2,1H3. The first-order valence-corrected chi connectivity index (χ1v) is 6.54. The van der Waals surface area contributed by atoms with Gasteiger partial charge in [-0.2, -0.15) is 10.5 Å². The van der Waals surface area contributed by atoms with Crippen molar-refractivity contribution in [3.8, 4) is 12.1 Å². The molecule has 1 aromatic rings.